The van der Waals surface area contributed by atoms with E-state index in [2.05, 4.69) is 5.32 Å². The normalized spacial score (nSPS) is 25.5. The van der Waals surface area contributed by atoms with Gasteiger partial charge in [-0.25, -0.2) is 0 Å². The molecule has 0 aliphatic heterocycles. The highest BCUT2D eigenvalue weighted by molar-refractivity contribution is 5.94. The second-order valence-electron chi connectivity index (χ2n) is 4.62. The van der Waals surface area contributed by atoms with Crippen molar-refractivity contribution < 1.29 is 14.3 Å². The van der Waals surface area contributed by atoms with Crippen molar-refractivity contribution in [3.05, 3.63) is 29.8 Å². The molecule has 0 aromatic heterocycles. The van der Waals surface area contributed by atoms with E-state index in [1.165, 1.54) is 0 Å². The summed E-state index contributed by atoms with van der Waals surface area (Å²) in [7, 11) is 1.57. The summed E-state index contributed by atoms with van der Waals surface area (Å²) in [4.78, 5) is 12.1. The largest absolute Gasteiger partial charge is 0.497 e. The molecular weight excluding hydrogens is 244 g/mol. The quantitative estimate of drug-likeness (QED) is 0.829. The van der Waals surface area contributed by atoms with Crippen LogP contribution in [-0.2, 0) is 4.74 Å². The third-order valence-corrected chi connectivity index (χ3v) is 3.38. The fraction of sp³-hybridized carbons (Fsp3) is 0.500. The van der Waals surface area contributed by atoms with Crippen molar-refractivity contribution in [2.75, 3.05) is 13.7 Å². The summed E-state index contributed by atoms with van der Waals surface area (Å²) >= 11 is 0. The number of nitrogens with one attached hydrogen (secondary N) is 1. The van der Waals surface area contributed by atoms with Gasteiger partial charge in [-0.1, -0.05) is 6.07 Å². The number of nitrogens with two attached hydrogens (primary N) is 1. The van der Waals surface area contributed by atoms with Gasteiger partial charge in [0, 0.05) is 18.2 Å². The average Bonchev–Trinajstić information content (AvgIpc) is 2.44. The van der Waals surface area contributed by atoms with Crippen molar-refractivity contribution in [3.63, 3.8) is 0 Å². The third kappa shape index (κ3) is 3.05. The van der Waals surface area contributed by atoms with Crippen molar-refractivity contribution in [2.45, 2.75) is 31.5 Å². The summed E-state index contributed by atoms with van der Waals surface area (Å²) in [5, 5.41) is 2.92. The molecule has 5 heteroatoms. The first kappa shape index (κ1) is 13.8. The Morgan fingerprint density at radius 3 is 2.95 bits per heavy atom. The zero-order chi connectivity index (χ0) is 13.8. The molecule has 0 spiro atoms. The molecule has 0 saturated heterocycles. The summed E-state index contributed by atoms with van der Waals surface area (Å²) < 4.78 is 10.6. The van der Waals surface area contributed by atoms with Crippen LogP contribution in [0.3, 0.4) is 0 Å². The Hall–Kier alpha value is -1.59. The van der Waals surface area contributed by atoms with Crippen LogP contribution in [0.15, 0.2) is 24.3 Å². The van der Waals surface area contributed by atoms with E-state index in [1.54, 1.807) is 31.4 Å². The number of amides is 1. The lowest BCUT2D eigenvalue weighted by atomic mass is 9.83. The summed E-state index contributed by atoms with van der Waals surface area (Å²) in [6.45, 7) is 2.56. The van der Waals surface area contributed by atoms with Crippen LogP contribution in [0.4, 0.5) is 0 Å². The Labute approximate surface area is 113 Å². The number of benzene rings is 1. The minimum absolute atomic E-state index is 0.0227. The van der Waals surface area contributed by atoms with Gasteiger partial charge in [-0.3, -0.25) is 4.79 Å². The molecule has 1 aliphatic carbocycles. The van der Waals surface area contributed by atoms with Crippen LogP contribution in [0.25, 0.3) is 0 Å². The van der Waals surface area contributed by atoms with Crippen LogP contribution < -0.4 is 15.8 Å². The number of ether oxygens (including phenoxy) is 2. The van der Waals surface area contributed by atoms with Gasteiger partial charge in [-0.05, 0) is 31.5 Å². The zero-order valence-electron chi connectivity index (χ0n) is 11.3. The number of carbonyl (C=O) groups is 1. The maximum absolute atomic E-state index is 12.1. The first-order chi connectivity index (χ1) is 9.15. The Bertz CT molecular complexity index is 448. The highest BCUT2D eigenvalue weighted by Gasteiger charge is 2.40. The molecule has 3 unspecified atom stereocenters. The van der Waals surface area contributed by atoms with Crippen LogP contribution in [0.2, 0.25) is 0 Å². The lowest BCUT2D eigenvalue weighted by Crippen LogP contribution is -2.64. The fourth-order valence-electron chi connectivity index (χ4n) is 2.23. The van der Waals surface area contributed by atoms with Gasteiger partial charge in [0.1, 0.15) is 5.75 Å². The van der Waals surface area contributed by atoms with E-state index in [-0.39, 0.29) is 24.1 Å². The van der Waals surface area contributed by atoms with Gasteiger partial charge in [0.15, 0.2) is 0 Å². The molecule has 3 N–H and O–H groups in total. The van der Waals surface area contributed by atoms with Gasteiger partial charge in [0.2, 0.25) is 0 Å². The van der Waals surface area contributed by atoms with E-state index in [0.29, 0.717) is 17.9 Å². The van der Waals surface area contributed by atoms with Gasteiger partial charge in [0.25, 0.3) is 5.91 Å². The van der Waals surface area contributed by atoms with Gasteiger partial charge in [0.05, 0.1) is 19.3 Å². The third-order valence-electron chi connectivity index (χ3n) is 3.38. The van der Waals surface area contributed by atoms with Gasteiger partial charge in [-0.15, -0.1) is 0 Å². The first-order valence-electron chi connectivity index (χ1n) is 6.47. The summed E-state index contributed by atoms with van der Waals surface area (Å²) in [5.41, 5.74) is 6.47. The SMILES string of the molecule is CCOC1CC(N)C1NC(=O)c1cccc(OC)c1. The minimum Gasteiger partial charge on any atom is -0.497 e. The molecule has 5 nitrogen and oxygen atoms in total. The van der Waals surface area contributed by atoms with Crippen molar-refractivity contribution in [3.8, 4) is 5.75 Å². The zero-order valence-corrected chi connectivity index (χ0v) is 11.3. The molecule has 1 aromatic carbocycles. The number of rotatable bonds is 5. The lowest BCUT2D eigenvalue weighted by Gasteiger charge is -2.42. The summed E-state index contributed by atoms with van der Waals surface area (Å²) in [5.74, 6) is 0.510. The predicted octanol–water partition coefficient (Wildman–Crippen LogP) is 0.930. The molecule has 0 radical (unpaired) electrons. The molecule has 1 saturated carbocycles. The van der Waals surface area contributed by atoms with Crippen molar-refractivity contribution in [1.82, 2.24) is 5.32 Å². The second-order valence-corrected chi connectivity index (χ2v) is 4.62. The number of hydrogen-bond donors (Lipinski definition) is 2. The molecule has 3 atom stereocenters. The molecule has 104 valence electrons. The summed E-state index contributed by atoms with van der Waals surface area (Å²) in [6, 6.07) is 6.89. The van der Waals surface area contributed by atoms with E-state index in [1.807, 2.05) is 6.92 Å². The lowest BCUT2D eigenvalue weighted by molar-refractivity contribution is -0.0300. The van der Waals surface area contributed by atoms with E-state index in [4.69, 9.17) is 15.2 Å². The summed E-state index contributed by atoms with van der Waals surface area (Å²) in [6.07, 6.45) is 0.811. The number of methoxy groups -OCH3 is 1. The Morgan fingerprint density at radius 2 is 2.32 bits per heavy atom. The van der Waals surface area contributed by atoms with Gasteiger partial charge < -0.3 is 20.5 Å². The van der Waals surface area contributed by atoms with Crippen LogP contribution in [0, 0.1) is 0 Å². The highest BCUT2D eigenvalue weighted by Crippen LogP contribution is 2.23. The van der Waals surface area contributed by atoms with E-state index in [9.17, 15) is 4.79 Å². The van der Waals surface area contributed by atoms with E-state index in [0.717, 1.165) is 6.42 Å². The van der Waals surface area contributed by atoms with Crippen LogP contribution in [0.1, 0.15) is 23.7 Å². The monoisotopic (exact) mass is 264 g/mol. The standard InChI is InChI=1S/C14H20N2O3/c1-3-19-12-8-11(15)13(12)16-14(17)9-5-4-6-10(7-9)18-2/h4-7,11-13H,3,8,15H2,1-2H3,(H,16,17). The number of hydrogen-bond acceptors (Lipinski definition) is 4. The Kier molecular flexibility index (Phi) is 4.39. The second kappa shape index (κ2) is 6.04. The first-order valence-corrected chi connectivity index (χ1v) is 6.47. The fourth-order valence-corrected chi connectivity index (χ4v) is 2.23. The topological polar surface area (TPSA) is 73.6 Å². The van der Waals surface area contributed by atoms with Gasteiger partial charge >= 0.3 is 0 Å². The van der Waals surface area contributed by atoms with E-state index >= 15 is 0 Å². The molecule has 1 fully saturated rings. The molecule has 19 heavy (non-hydrogen) atoms. The average molecular weight is 264 g/mol. The molecule has 1 aliphatic rings. The molecule has 2 rings (SSSR count). The van der Waals surface area contributed by atoms with Crippen molar-refractivity contribution >= 4 is 5.91 Å². The van der Waals surface area contributed by atoms with Crippen LogP contribution >= 0.6 is 0 Å². The highest BCUT2D eigenvalue weighted by atomic mass is 16.5. The molecule has 1 aromatic rings. The van der Waals surface area contributed by atoms with Crippen molar-refractivity contribution in [1.29, 1.82) is 0 Å². The smallest absolute Gasteiger partial charge is 0.251 e. The minimum atomic E-state index is -0.149. The van der Waals surface area contributed by atoms with Crippen LogP contribution in [0.5, 0.6) is 5.75 Å². The van der Waals surface area contributed by atoms with Gasteiger partial charge in [-0.2, -0.15) is 0 Å². The Morgan fingerprint density at radius 1 is 1.53 bits per heavy atom. The molecule has 0 bridgehead atoms. The maximum Gasteiger partial charge on any atom is 0.251 e. The Balaban J connectivity index is 2.00. The molecule has 0 heterocycles. The van der Waals surface area contributed by atoms with E-state index < -0.39 is 0 Å². The van der Waals surface area contributed by atoms with Crippen LogP contribution in [-0.4, -0.2) is 37.8 Å². The molecular formula is C14H20N2O3. The number of carbonyl (C=O) groups excluding carboxylic acids is 1. The predicted molar refractivity (Wildman–Crippen MR) is 72.3 cm³/mol. The van der Waals surface area contributed by atoms with Crippen molar-refractivity contribution in [2.24, 2.45) is 5.73 Å². The molecule has 1 amide bonds. The maximum atomic E-state index is 12.1.